The van der Waals surface area contributed by atoms with Crippen molar-refractivity contribution in [2.45, 2.75) is 90.9 Å². The van der Waals surface area contributed by atoms with E-state index in [0.29, 0.717) is 21.7 Å². The summed E-state index contributed by atoms with van der Waals surface area (Å²) in [6.45, 7) is 4.55. The molecule has 8 aliphatic carbocycles. The van der Waals surface area contributed by atoms with E-state index in [1.54, 1.807) is 51.4 Å². The number of hydrogen-bond acceptors (Lipinski definition) is 0. The summed E-state index contributed by atoms with van der Waals surface area (Å²) >= 11 is 0. The fourth-order valence-electron chi connectivity index (χ4n) is 11.0. The van der Waals surface area contributed by atoms with Gasteiger partial charge in [0.05, 0.1) is 0 Å². The Balaban J connectivity index is 1.44. The zero-order valence-electron chi connectivity index (χ0n) is 17.1. The molecule has 4 atom stereocenters. The van der Waals surface area contributed by atoms with E-state index in [-0.39, 0.29) is 0 Å². The van der Waals surface area contributed by atoms with Crippen LogP contribution in [0.2, 0.25) is 0 Å². The Morgan fingerprint density at radius 2 is 0.885 bits per heavy atom. The molecule has 4 unspecified atom stereocenters. The number of rotatable bonds is 3. The second-order valence-corrected chi connectivity index (χ2v) is 12.2. The normalized spacial score (nSPS) is 59.9. The Labute approximate surface area is 160 Å². The highest BCUT2D eigenvalue weighted by atomic mass is 14.7. The zero-order valence-corrected chi connectivity index (χ0v) is 17.1. The summed E-state index contributed by atoms with van der Waals surface area (Å²) in [4.78, 5) is 0. The molecule has 0 nitrogen and oxygen atoms in total. The lowest BCUT2D eigenvalue weighted by Gasteiger charge is -2.73. The molecule has 8 fully saturated rings. The first-order chi connectivity index (χ1) is 12.5. The monoisotopic (exact) mass is 350 g/mol. The average molecular weight is 351 g/mol. The lowest BCUT2D eigenvalue weighted by molar-refractivity contribution is -0.223. The van der Waals surface area contributed by atoms with Gasteiger partial charge in [0.25, 0.3) is 0 Å². The van der Waals surface area contributed by atoms with Gasteiger partial charge in [0.2, 0.25) is 0 Å². The third-order valence-electron chi connectivity index (χ3n) is 10.4. The van der Waals surface area contributed by atoms with Crippen molar-refractivity contribution in [3.63, 3.8) is 0 Å². The van der Waals surface area contributed by atoms with Crippen LogP contribution in [0.25, 0.3) is 0 Å². The summed E-state index contributed by atoms with van der Waals surface area (Å²) in [5.74, 6) is 4.22. The number of hydrogen-bond donors (Lipinski definition) is 0. The molecule has 8 bridgehead atoms. The van der Waals surface area contributed by atoms with Crippen molar-refractivity contribution in [2.24, 2.45) is 45.3 Å². The summed E-state index contributed by atoms with van der Waals surface area (Å²) in [5.41, 5.74) is 2.61. The van der Waals surface area contributed by atoms with E-state index in [4.69, 9.17) is 0 Å². The van der Waals surface area contributed by atoms with Gasteiger partial charge in [-0.15, -0.1) is 0 Å². The molecule has 0 saturated heterocycles. The fourth-order valence-corrected chi connectivity index (χ4v) is 11.0. The van der Waals surface area contributed by atoms with Crippen LogP contribution in [0.1, 0.15) is 90.9 Å². The minimum atomic E-state index is 0.593. The smallest absolute Gasteiger partial charge is 0.0108 e. The molecule has 0 aromatic carbocycles. The Kier molecular flexibility index (Phi) is 3.22. The van der Waals surface area contributed by atoms with Crippen LogP contribution in [-0.4, -0.2) is 0 Å². The lowest BCUT2D eigenvalue weighted by atomic mass is 9.31. The van der Waals surface area contributed by atoms with Crippen molar-refractivity contribution in [3.05, 3.63) is 24.3 Å². The van der Waals surface area contributed by atoms with E-state index in [2.05, 4.69) is 38.2 Å². The molecule has 0 spiro atoms. The summed E-state index contributed by atoms with van der Waals surface area (Å²) in [6, 6.07) is 0. The summed E-state index contributed by atoms with van der Waals surface area (Å²) in [6.07, 6.45) is 29.0. The van der Waals surface area contributed by atoms with Gasteiger partial charge in [-0.25, -0.2) is 0 Å². The molecule has 8 aliphatic rings. The van der Waals surface area contributed by atoms with Crippen LogP contribution in [-0.2, 0) is 0 Å². The minimum Gasteiger partial charge on any atom is -0.0911 e. The van der Waals surface area contributed by atoms with Gasteiger partial charge in [-0.3, -0.25) is 0 Å². The maximum Gasteiger partial charge on any atom is -0.0108 e. The molecule has 0 heterocycles. The van der Waals surface area contributed by atoms with Gasteiger partial charge in [0, 0.05) is 0 Å². The second kappa shape index (κ2) is 5.09. The van der Waals surface area contributed by atoms with E-state index in [0.717, 1.165) is 23.7 Å². The van der Waals surface area contributed by atoms with Crippen LogP contribution in [0.4, 0.5) is 0 Å². The van der Waals surface area contributed by atoms with Crippen LogP contribution in [0.3, 0.4) is 0 Å². The van der Waals surface area contributed by atoms with Crippen LogP contribution < -0.4 is 0 Å². The highest BCUT2D eigenvalue weighted by molar-refractivity contribution is 5.23. The average Bonchev–Trinajstić information content (AvgIpc) is 2.52. The fraction of sp³-hybridized carbons (Fsp3) is 0.846. The molecule has 0 aromatic heterocycles. The topological polar surface area (TPSA) is 0 Å². The SMILES string of the molecule is CC=CC12CC3CC(C1)CC(C14CC5CC(CC(C=CC)(C5)C1)C4)(C3)C2. The first-order valence-corrected chi connectivity index (χ1v) is 11.8. The molecule has 0 aliphatic heterocycles. The Morgan fingerprint density at radius 3 is 1.19 bits per heavy atom. The van der Waals surface area contributed by atoms with Crippen molar-refractivity contribution in [1.29, 1.82) is 0 Å². The summed E-state index contributed by atoms with van der Waals surface area (Å²) in [7, 11) is 0. The molecule has 8 saturated carbocycles. The molecule has 0 N–H and O–H groups in total. The van der Waals surface area contributed by atoms with Crippen LogP contribution in [0, 0.1) is 45.3 Å². The first-order valence-electron chi connectivity index (χ1n) is 11.8. The standard InChI is InChI=1S/C26H38/c1-3-5-23-9-19-7-20(10-23)14-25(13-19,17-23)26-15-21-8-22(16-26)12-24(11-21,18-26)6-4-2/h3-6,19-22H,7-18H2,1-2H3. The quantitative estimate of drug-likeness (QED) is 0.468. The van der Waals surface area contributed by atoms with Crippen molar-refractivity contribution >= 4 is 0 Å². The molecule has 8 rings (SSSR count). The van der Waals surface area contributed by atoms with E-state index < -0.39 is 0 Å². The van der Waals surface area contributed by atoms with Crippen molar-refractivity contribution in [1.82, 2.24) is 0 Å². The Morgan fingerprint density at radius 1 is 0.538 bits per heavy atom. The Hall–Kier alpha value is -0.520. The van der Waals surface area contributed by atoms with Crippen LogP contribution >= 0.6 is 0 Å². The third kappa shape index (κ3) is 2.03. The molecule has 0 heteroatoms. The molecule has 142 valence electrons. The van der Waals surface area contributed by atoms with Crippen molar-refractivity contribution in [2.75, 3.05) is 0 Å². The lowest BCUT2D eigenvalue weighted by Crippen LogP contribution is -2.64. The van der Waals surface area contributed by atoms with Crippen LogP contribution in [0.15, 0.2) is 24.3 Å². The van der Waals surface area contributed by atoms with Gasteiger partial charge >= 0.3 is 0 Å². The highest BCUT2D eigenvalue weighted by Gasteiger charge is 2.68. The van der Waals surface area contributed by atoms with E-state index in [1.165, 1.54) is 25.7 Å². The summed E-state index contributed by atoms with van der Waals surface area (Å²) < 4.78 is 0. The van der Waals surface area contributed by atoms with Gasteiger partial charge in [-0.1, -0.05) is 24.3 Å². The van der Waals surface area contributed by atoms with Crippen molar-refractivity contribution in [3.8, 4) is 0 Å². The largest absolute Gasteiger partial charge is 0.0911 e. The summed E-state index contributed by atoms with van der Waals surface area (Å²) in [5, 5.41) is 0. The predicted octanol–water partition coefficient (Wildman–Crippen LogP) is 7.31. The van der Waals surface area contributed by atoms with E-state index in [9.17, 15) is 0 Å². The predicted molar refractivity (Wildman–Crippen MR) is 109 cm³/mol. The number of allylic oxidation sites excluding steroid dienone is 4. The minimum absolute atomic E-state index is 0.593. The third-order valence-corrected chi connectivity index (χ3v) is 10.4. The highest BCUT2D eigenvalue weighted by Crippen LogP contribution is 2.78. The van der Waals surface area contributed by atoms with Gasteiger partial charge in [0.1, 0.15) is 0 Å². The van der Waals surface area contributed by atoms with Crippen LogP contribution in [0.5, 0.6) is 0 Å². The first kappa shape index (κ1) is 16.4. The molecule has 0 amide bonds. The van der Waals surface area contributed by atoms with Gasteiger partial charge in [0.15, 0.2) is 0 Å². The maximum absolute atomic E-state index is 2.68. The van der Waals surface area contributed by atoms with E-state index >= 15 is 0 Å². The molecule has 0 radical (unpaired) electrons. The molecule has 0 aromatic rings. The second-order valence-electron chi connectivity index (χ2n) is 12.2. The van der Waals surface area contributed by atoms with Gasteiger partial charge in [-0.05, 0) is 136 Å². The molecule has 26 heavy (non-hydrogen) atoms. The van der Waals surface area contributed by atoms with Gasteiger partial charge in [-0.2, -0.15) is 0 Å². The van der Waals surface area contributed by atoms with Gasteiger partial charge < -0.3 is 0 Å². The van der Waals surface area contributed by atoms with E-state index in [1.807, 2.05) is 0 Å². The zero-order chi connectivity index (χ0) is 17.6. The Bertz CT molecular complexity index is 578. The molecular weight excluding hydrogens is 312 g/mol. The molecular formula is C26H38. The maximum atomic E-state index is 2.68. The van der Waals surface area contributed by atoms with Crippen molar-refractivity contribution < 1.29 is 0 Å².